The number of imidazole rings is 1. The van der Waals surface area contributed by atoms with Gasteiger partial charge in [0, 0.05) is 0 Å². The molecule has 0 amide bonds. The van der Waals surface area contributed by atoms with E-state index in [0.717, 1.165) is 10.4 Å². The quantitative estimate of drug-likeness (QED) is 0.709. The monoisotopic (exact) mass is 265 g/mol. The van der Waals surface area contributed by atoms with Crippen molar-refractivity contribution in [3.8, 4) is 10.7 Å². The highest BCUT2D eigenvalue weighted by atomic mass is 35.5. The van der Waals surface area contributed by atoms with E-state index in [2.05, 4.69) is 19.9 Å². The van der Waals surface area contributed by atoms with Crippen LogP contribution < -0.4 is 5.73 Å². The standard InChI is InChI=1S/C10H8ClN5S/c1-4-2-17-7(5(4)11)10-15-6-8(12)13-3-14-9(6)16-10/h2-3H,1H3,(H3,12,13,14,15,16). The minimum atomic E-state index is 0.387. The Morgan fingerprint density at radius 3 is 2.88 bits per heavy atom. The Bertz CT molecular complexity index is 702. The highest BCUT2D eigenvalue weighted by molar-refractivity contribution is 7.14. The van der Waals surface area contributed by atoms with Gasteiger partial charge in [0.25, 0.3) is 0 Å². The molecule has 0 aliphatic rings. The molecule has 0 spiro atoms. The molecule has 17 heavy (non-hydrogen) atoms. The molecule has 86 valence electrons. The number of fused-ring (bicyclic) bond motifs is 1. The summed E-state index contributed by atoms with van der Waals surface area (Å²) in [5, 5.41) is 2.69. The van der Waals surface area contributed by atoms with E-state index in [1.807, 2.05) is 12.3 Å². The van der Waals surface area contributed by atoms with Crippen LogP contribution in [0.2, 0.25) is 5.02 Å². The van der Waals surface area contributed by atoms with Gasteiger partial charge in [-0.15, -0.1) is 11.3 Å². The SMILES string of the molecule is Cc1csc(-c2nc3ncnc(N)c3[nH]2)c1Cl. The number of hydrogen-bond donors (Lipinski definition) is 2. The predicted octanol–water partition coefficient (Wildman–Crippen LogP) is 2.63. The number of aromatic nitrogens is 4. The van der Waals surface area contributed by atoms with Gasteiger partial charge in [0.15, 0.2) is 17.3 Å². The smallest absolute Gasteiger partial charge is 0.183 e. The fourth-order valence-electron chi connectivity index (χ4n) is 1.54. The van der Waals surface area contributed by atoms with E-state index in [0.29, 0.717) is 27.8 Å². The second-order valence-corrected chi connectivity index (χ2v) is 4.86. The lowest BCUT2D eigenvalue weighted by Gasteiger charge is -1.92. The molecule has 3 aromatic heterocycles. The molecular weight excluding hydrogens is 258 g/mol. The number of aryl methyl sites for hydroxylation is 1. The summed E-state index contributed by atoms with van der Waals surface area (Å²) in [4.78, 5) is 16.3. The molecule has 3 N–H and O–H groups in total. The number of thiophene rings is 1. The lowest BCUT2D eigenvalue weighted by Crippen LogP contribution is -1.91. The van der Waals surface area contributed by atoms with Crippen molar-refractivity contribution in [3.05, 3.63) is 22.3 Å². The zero-order chi connectivity index (χ0) is 12.0. The van der Waals surface area contributed by atoms with Gasteiger partial charge in [0.2, 0.25) is 0 Å². The summed E-state index contributed by atoms with van der Waals surface area (Å²) >= 11 is 7.73. The average molecular weight is 266 g/mol. The van der Waals surface area contributed by atoms with Gasteiger partial charge in [-0.1, -0.05) is 11.6 Å². The van der Waals surface area contributed by atoms with Crippen molar-refractivity contribution in [2.75, 3.05) is 5.73 Å². The van der Waals surface area contributed by atoms with Crippen LogP contribution in [0.3, 0.4) is 0 Å². The van der Waals surface area contributed by atoms with Crippen molar-refractivity contribution in [2.45, 2.75) is 6.92 Å². The molecule has 3 rings (SSSR count). The van der Waals surface area contributed by atoms with Crippen LogP contribution in [-0.2, 0) is 0 Å². The maximum Gasteiger partial charge on any atom is 0.183 e. The Balaban J connectivity index is 2.25. The van der Waals surface area contributed by atoms with Crippen LogP contribution in [0.1, 0.15) is 5.56 Å². The van der Waals surface area contributed by atoms with Crippen molar-refractivity contribution in [3.63, 3.8) is 0 Å². The van der Waals surface area contributed by atoms with E-state index in [4.69, 9.17) is 17.3 Å². The molecule has 0 atom stereocenters. The predicted molar refractivity (Wildman–Crippen MR) is 69.2 cm³/mol. The lowest BCUT2D eigenvalue weighted by atomic mass is 10.3. The van der Waals surface area contributed by atoms with Gasteiger partial charge in [0.1, 0.15) is 11.8 Å². The first-order valence-corrected chi connectivity index (χ1v) is 6.12. The molecule has 0 saturated heterocycles. The van der Waals surface area contributed by atoms with Crippen molar-refractivity contribution in [2.24, 2.45) is 0 Å². The average Bonchev–Trinajstić information content (AvgIpc) is 2.85. The number of halogens is 1. The molecule has 0 aliphatic heterocycles. The lowest BCUT2D eigenvalue weighted by molar-refractivity contribution is 1.21. The molecule has 7 heteroatoms. The minimum absolute atomic E-state index is 0.387. The molecular formula is C10H8ClN5S. The van der Waals surface area contributed by atoms with Crippen LogP contribution in [0.4, 0.5) is 5.82 Å². The summed E-state index contributed by atoms with van der Waals surface area (Å²) in [5.74, 6) is 1.06. The van der Waals surface area contributed by atoms with Gasteiger partial charge in [-0.05, 0) is 17.9 Å². The van der Waals surface area contributed by atoms with Gasteiger partial charge in [0.05, 0.1) is 9.90 Å². The van der Waals surface area contributed by atoms with Gasteiger partial charge < -0.3 is 10.7 Å². The number of aromatic amines is 1. The third-order valence-corrected chi connectivity index (χ3v) is 4.14. The zero-order valence-corrected chi connectivity index (χ0v) is 10.4. The van der Waals surface area contributed by atoms with Crippen molar-refractivity contribution >= 4 is 39.9 Å². The summed E-state index contributed by atoms with van der Waals surface area (Å²) in [6, 6.07) is 0. The van der Waals surface area contributed by atoms with E-state index < -0.39 is 0 Å². The third kappa shape index (κ3) is 1.57. The fraction of sp³-hybridized carbons (Fsp3) is 0.100. The molecule has 0 unspecified atom stereocenters. The van der Waals surface area contributed by atoms with E-state index in [-0.39, 0.29) is 0 Å². The first-order valence-electron chi connectivity index (χ1n) is 4.87. The molecule has 0 fully saturated rings. The van der Waals surface area contributed by atoms with Gasteiger partial charge in [-0.3, -0.25) is 0 Å². The molecule has 0 radical (unpaired) electrons. The van der Waals surface area contributed by atoms with E-state index >= 15 is 0 Å². The summed E-state index contributed by atoms with van der Waals surface area (Å²) in [6.07, 6.45) is 1.39. The fourth-order valence-corrected chi connectivity index (χ4v) is 2.77. The number of nitrogens with zero attached hydrogens (tertiary/aromatic N) is 3. The van der Waals surface area contributed by atoms with Crippen LogP contribution in [0.25, 0.3) is 21.9 Å². The Morgan fingerprint density at radius 1 is 1.41 bits per heavy atom. The molecule has 3 heterocycles. The number of anilines is 1. The Labute approximate surface area is 106 Å². The molecule has 5 nitrogen and oxygen atoms in total. The summed E-state index contributed by atoms with van der Waals surface area (Å²) < 4.78 is 0. The van der Waals surface area contributed by atoms with Crippen LogP contribution in [0.5, 0.6) is 0 Å². The maximum atomic E-state index is 6.19. The first kappa shape index (κ1) is 10.5. The topological polar surface area (TPSA) is 80.5 Å². The number of nitrogens with one attached hydrogen (secondary N) is 1. The highest BCUT2D eigenvalue weighted by Crippen LogP contribution is 2.35. The van der Waals surface area contributed by atoms with Crippen LogP contribution in [-0.4, -0.2) is 19.9 Å². The number of nitrogen functional groups attached to an aromatic ring is 1. The Morgan fingerprint density at radius 2 is 2.24 bits per heavy atom. The van der Waals surface area contributed by atoms with Crippen LogP contribution in [0, 0.1) is 6.92 Å². The van der Waals surface area contributed by atoms with Gasteiger partial charge >= 0.3 is 0 Å². The number of H-pyrrole nitrogens is 1. The molecule has 0 saturated carbocycles. The van der Waals surface area contributed by atoms with Crippen molar-refractivity contribution in [1.29, 1.82) is 0 Å². The van der Waals surface area contributed by atoms with Gasteiger partial charge in [-0.2, -0.15) is 0 Å². The van der Waals surface area contributed by atoms with Crippen LogP contribution in [0.15, 0.2) is 11.7 Å². The number of rotatable bonds is 1. The first-order chi connectivity index (χ1) is 8.16. The third-order valence-electron chi connectivity index (χ3n) is 2.43. The van der Waals surface area contributed by atoms with Crippen LogP contribution >= 0.6 is 22.9 Å². The van der Waals surface area contributed by atoms with Crippen molar-refractivity contribution in [1.82, 2.24) is 19.9 Å². The Hall–Kier alpha value is -1.66. The second-order valence-electron chi connectivity index (χ2n) is 3.60. The number of hydrogen-bond acceptors (Lipinski definition) is 5. The van der Waals surface area contributed by atoms with E-state index in [1.165, 1.54) is 17.7 Å². The van der Waals surface area contributed by atoms with E-state index in [1.54, 1.807) is 0 Å². The zero-order valence-electron chi connectivity index (χ0n) is 8.86. The Kier molecular flexibility index (Phi) is 2.27. The highest BCUT2D eigenvalue weighted by Gasteiger charge is 2.14. The molecule has 0 aliphatic carbocycles. The molecule has 0 aromatic carbocycles. The second kappa shape index (κ2) is 3.68. The molecule has 0 bridgehead atoms. The van der Waals surface area contributed by atoms with Gasteiger partial charge in [-0.25, -0.2) is 15.0 Å². The summed E-state index contributed by atoms with van der Waals surface area (Å²) in [5.41, 5.74) is 7.97. The maximum absolute atomic E-state index is 6.19. The van der Waals surface area contributed by atoms with E-state index in [9.17, 15) is 0 Å². The largest absolute Gasteiger partial charge is 0.382 e. The van der Waals surface area contributed by atoms with Crippen molar-refractivity contribution < 1.29 is 0 Å². The normalized spacial score (nSPS) is 11.2. The molecule has 3 aromatic rings. The minimum Gasteiger partial charge on any atom is -0.382 e. The summed E-state index contributed by atoms with van der Waals surface area (Å²) in [6.45, 7) is 1.96. The number of nitrogens with two attached hydrogens (primary N) is 1. The summed E-state index contributed by atoms with van der Waals surface area (Å²) in [7, 11) is 0.